The van der Waals surface area contributed by atoms with Crippen LogP contribution in [0.25, 0.3) is 0 Å². The van der Waals surface area contributed by atoms with Crippen LogP contribution >= 0.6 is 0 Å². The Morgan fingerprint density at radius 3 is 2.53 bits per heavy atom. The maximum absolute atomic E-state index is 12.0. The molecule has 0 bridgehead atoms. The van der Waals surface area contributed by atoms with E-state index in [2.05, 4.69) is 11.3 Å². The number of hydrogen-bond donors (Lipinski definition) is 0. The van der Waals surface area contributed by atoms with Crippen LogP contribution in [0.1, 0.15) is 23.2 Å². The molecule has 0 radical (unpaired) electrons. The third-order valence-corrected chi connectivity index (χ3v) is 2.48. The van der Waals surface area contributed by atoms with Gasteiger partial charge in [-0.3, -0.25) is 9.59 Å². The number of esters is 1. The van der Waals surface area contributed by atoms with E-state index in [9.17, 15) is 9.59 Å². The first-order valence-corrected chi connectivity index (χ1v) is 5.68. The minimum atomic E-state index is -0.490. The van der Waals surface area contributed by atoms with Crippen molar-refractivity contribution in [3.05, 3.63) is 36.6 Å². The summed E-state index contributed by atoms with van der Waals surface area (Å²) < 4.78 is 14.7. The molecule has 1 aromatic carbocycles. The number of Topliss-reactive ketones (excluding diaryl/α,β-unsaturated/α-hetero) is 1. The number of carbonyl (C=O) groups excluding carboxylic acids is 2. The molecule has 0 fully saturated rings. The molecule has 0 unspecified atom stereocenters. The van der Waals surface area contributed by atoms with Crippen molar-refractivity contribution in [1.82, 2.24) is 0 Å². The van der Waals surface area contributed by atoms with Crippen molar-refractivity contribution in [2.75, 3.05) is 14.2 Å². The maximum Gasteiger partial charge on any atom is 0.311 e. The zero-order valence-corrected chi connectivity index (χ0v) is 11.0. The lowest BCUT2D eigenvalue weighted by Crippen LogP contribution is -2.07. The molecule has 0 saturated carbocycles. The zero-order valence-electron chi connectivity index (χ0n) is 11.0. The van der Waals surface area contributed by atoms with Crippen molar-refractivity contribution in [3.63, 3.8) is 0 Å². The number of ether oxygens (including phenoxy) is 3. The zero-order chi connectivity index (χ0) is 14.3. The number of benzene rings is 1. The van der Waals surface area contributed by atoms with E-state index in [0.29, 0.717) is 17.1 Å². The number of hydrogen-bond acceptors (Lipinski definition) is 5. The highest BCUT2D eigenvalue weighted by molar-refractivity contribution is 6.00. The number of ketones is 1. The van der Waals surface area contributed by atoms with Crippen molar-refractivity contribution in [1.29, 1.82) is 0 Å². The molecule has 1 rings (SSSR count). The fourth-order valence-corrected chi connectivity index (χ4v) is 1.53. The minimum Gasteiger partial charge on any atom is -0.497 e. The first kappa shape index (κ1) is 14.8. The summed E-state index contributed by atoms with van der Waals surface area (Å²) in [6.07, 6.45) is 1.09. The van der Waals surface area contributed by atoms with Gasteiger partial charge in [0.25, 0.3) is 0 Å². The van der Waals surface area contributed by atoms with Crippen molar-refractivity contribution in [2.24, 2.45) is 0 Å². The van der Waals surface area contributed by atoms with Gasteiger partial charge in [-0.25, -0.2) is 0 Å². The van der Waals surface area contributed by atoms with Crippen LogP contribution in [0.15, 0.2) is 31.0 Å². The summed E-state index contributed by atoms with van der Waals surface area (Å²) >= 11 is 0. The van der Waals surface area contributed by atoms with Gasteiger partial charge in [0.1, 0.15) is 11.5 Å². The van der Waals surface area contributed by atoms with E-state index in [1.54, 1.807) is 18.2 Å². The molecule has 102 valence electrons. The second-order valence-corrected chi connectivity index (χ2v) is 3.65. The Morgan fingerprint density at radius 1 is 1.21 bits per heavy atom. The molecular formula is C14H16O5. The smallest absolute Gasteiger partial charge is 0.311 e. The number of carbonyl (C=O) groups is 2. The van der Waals surface area contributed by atoms with E-state index >= 15 is 0 Å². The van der Waals surface area contributed by atoms with E-state index in [1.807, 2.05) is 0 Å². The Bertz CT molecular complexity index is 479. The summed E-state index contributed by atoms with van der Waals surface area (Å²) in [6, 6.07) is 4.89. The van der Waals surface area contributed by atoms with Gasteiger partial charge in [-0.1, -0.05) is 6.58 Å². The Balaban J connectivity index is 2.76. The molecule has 5 heteroatoms. The second kappa shape index (κ2) is 7.20. The average molecular weight is 264 g/mol. The highest BCUT2D eigenvalue weighted by Crippen LogP contribution is 2.25. The summed E-state index contributed by atoms with van der Waals surface area (Å²) in [5.41, 5.74) is 0.412. The molecule has 0 heterocycles. The van der Waals surface area contributed by atoms with Crippen LogP contribution in [0.3, 0.4) is 0 Å². The van der Waals surface area contributed by atoms with Gasteiger partial charge in [0.2, 0.25) is 0 Å². The Labute approximate surface area is 111 Å². The van der Waals surface area contributed by atoms with Crippen LogP contribution < -0.4 is 9.47 Å². The molecule has 0 atom stereocenters. The van der Waals surface area contributed by atoms with E-state index in [1.165, 1.54) is 14.2 Å². The predicted octanol–water partition coefficient (Wildman–Crippen LogP) is 2.35. The molecule has 0 aliphatic heterocycles. The second-order valence-electron chi connectivity index (χ2n) is 3.65. The number of rotatable bonds is 7. The SMILES string of the molecule is C=COC(=O)CCC(=O)c1ccc(OC)cc1OC. The summed E-state index contributed by atoms with van der Waals surface area (Å²) in [4.78, 5) is 23.1. The standard InChI is InChI=1S/C14H16O5/c1-4-19-14(16)8-7-12(15)11-6-5-10(17-2)9-13(11)18-3/h4-6,9H,1,7-8H2,2-3H3. The molecule has 5 nitrogen and oxygen atoms in total. The lowest BCUT2D eigenvalue weighted by molar-refractivity contribution is -0.137. The van der Waals surface area contributed by atoms with Gasteiger partial charge in [-0.15, -0.1) is 0 Å². The lowest BCUT2D eigenvalue weighted by atomic mass is 10.1. The molecule has 0 amide bonds. The summed E-state index contributed by atoms with van der Waals surface area (Å²) in [6.45, 7) is 3.27. The average Bonchev–Trinajstić information content (AvgIpc) is 2.44. The maximum atomic E-state index is 12.0. The minimum absolute atomic E-state index is 0.0000365. The molecule has 0 aliphatic rings. The molecule has 0 aromatic heterocycles. The van der Waals surface area contributed by atoms with Gasteiger partial charge in [0, 0.05) is 12.5 Å². The van der Waals surface area contributed by atoms with Crippen LogP contribution in [0.5, 0.6) is 11.5 Å². The third-order valence-electron chi connectivity index (χ3n) is 2.48. The number of methoxy groups -OCH3 is 2. The van der Waals surface area contributed by atoms with Crippen LogP contribution in [0.2, 0.25) is 0 Å². The van der Waals surface area contributed by atoms with Crippen molar-refractivity contribution < 1.29 is 23.8 Å². The Kier molecular flexibility index (Phi) is 5.60. The van der Waals surface area contributed by atoms with Crippen molar-refractivity contribution in [2.45, 2.75) is 12.8 Å². The van der Waals surface area contributed by atoms with Crippen molar-refractivity contribution >= 4 is 11.8 Å². The third kappa shape index (κ3) is 4.13. The van der Waals surface area contributed by atoms with Gasteiger partial charge in [-0.2, -0.15) is 0 Å². The normalized spacial score (nSPS) is 9.58. The van der Waals surface area contributed by atoms with Crippen LogP contribution in [0, 0.1) is 0 Å². The molecule has 0 saturated heterocycles. The summed E-state index contributed by atoms with van der Waals surface area (Å²) in [5, 5.41) is 0. The van der Waals surface area contributed by atoms with E-state index in [-0.39, 0.29) is 18.6 Å². The van der Waals surface area contributed by atoms with Gasteiger partial charge in [-0.05, 0) is 12.1 Å². The molecule has 19 heavy (non-hydrogen) atoms. The highest BCUT2D eigenvalue weighted by Gasteiger charge is 2.15. The summed E-state index contributed by atoms with van der Waals surface area (Å²) in [7, 11) is 3.00. The topological polar surface area (TPSA) is 61.8 Å². The van der Waals surface area contributed by atoms with Gasteiger partial charge in [0.05, 0.1) is 32.5 Å². The Hall–Kier alpha value is -2.30. The molecule has 0 spiro atoms. The first-order chi connectivity index (χ1) is 9.12. The first-order valence-electron chi connectivity index (χ1n) is 5.68. The Morgan fingerprint density at radius 2 is 1.95 bits per heavy atom. The lowest BCUT2D eigenvalue weighted by Gasteiger charge is -2.09. The van der Waals surface area contributed by atoms with Crippen LogP contribution in [-0.2, 0) is 9.53 Å². The van der Waals surface area contributed by atoms with Gasteiger partial charge < -0.3 is 14.2 Å². The van der Waals surface area contributed by atoms with Gasteiger partial charge >= 0.3 is 5.97 Å². The quantitative estimate of drug-likeness (QED) is 0.430. The predicted molar refractivity (Wildman–Crippen MR) is 69.4 cm³/mol. The highest BCUT2D eigenvalue weighted by atomic mass is 16.5. The summed E-state index contributed by atoms with van der Waals surface area (Å²) in [5.74, 6) is 0.331. The van der Waals surface area contributed by atoms with Crippen LogP contribution in [0.4, 0.5) is 0 Å². The molecule has 1 aromatic rings. The van der Waals surface area contributed by atoms with Crippen molar-refractivity contribution in [3.8, 4) is 11.5 Å². The molecule has 0 N–H and O–H groups in total. The fraction of sp³-hybridized carbons (Fsp3) is 0.286. The van der Waals surface area contributed by atoms with E-state index in [4.69, 9.17) is 9.47 Å². The molecular weight excluding hydrogens is 248 g/mol. The largest absolute Gasteiger partial charge is 0.497 e. The van der Waals surface area contributed by atoms with Crippen LogP contribution in [-0.4, -0.2) is 26.0 Å². The fourth-order valence-electron chi connectivity index (χ4n) is 1.53. The van der Waals surface area contributed by atoms with E-state index < -0.39 is 5.97 Å². The van der Waals surface area contributed by atoms with E-state index in [0.717, 1.165) is 6.26 Å². The monoisotopic (exact) mass is 264 g/mol. The van der Waals surface area contributed by atoms with Gasteiger partial charge in [0.15, 0.2) is 5.78 Å². The molecule has 0 aliphatic carbocycles.